The molecule has 0 bridgehead atoms. The third-order valence-electron chi connectivity index (χ3n) is 2.53. The Bertz CT molecular complexity index is 613. The third kappa shape index (κ3) is 3.00. The largest absolute Gasteiger partial charge is 0.478 e. The molecule has 0 aromatic heterocycles. The zero-order chi connectivity index (χ0) is 13.8. The van der Waals surface area contributed by atoms with E-state index in [4.69, 9.17) is 15.6 Å². The van der Waals surface area contributed by atoms with E-state index in [0.717, 1.165) is 4.90 Å². The van der Waals surface area contributed by atoms with Crippen molar-refractivity contribution >= 4 is 23.4 Å². The van der Waals surface area contributed by atoms with Gasteiger partial charge in [-0.15, -0.1) is 11.8 Å². The van der Waals surface area contributed by atoms with Crippen molar-refractivity contribution < 1.29 is 14.6 Å². The van der Waals surface area contributed by atoms with Crippen LogP contribution in [-0.2, 0) is 0 Å². The molecule has 0 saturated carbocycles. The summed E-state index contributed by atoms with van der Waals surface area (Å²) in [5.74, 6) is -0.186. The van der Waals surface area contributed by atoms with Crippen LogP contribution in [0.5, 0.6) is 11.5 Å². The van der Waals surface area contributed by atoms with Crippen molar-refractivity contribution in [1.29, 1.82) is 0 Å². The molecule has 19 heavy (non-hydrogen) atoms. The van der Waals surface area contributed by atoms with Gasteiger partial charge in [0.05, 0.1) is 0 Å². The molecule has 0 aliphatic carbocycles. The van der Waals surface area contributed by atoms with Crippen LogP contribution in [0.25, 0.3) is 0 Å². The van der Waals surface area contributed by atoms with Gasteiger partial charge in [0.2, 0.25) is 0 Å². The summed E-state index contributed by atoms with van der Waals surface area (Å²) in [6.45, 7) is 0. The number of para-hydroxylation sites is 1. The van der Waals surface area contributed by atoms with Crippen molar-refractivity contribution in [3.63, 3.8) is 0 Å². The molecule has 0 saturated heterocycles. The van der Waals surface area contributed by atoms with Gasteiger partial charge in [0.1, 0.15) is 17.1 Å². The molecule has 0 spiro atoms. The second-order valence-corrected chi connectivity index (χ2v) is 4.66. The van der Waals surface area contributed by atoms with Gasteiger partial charge >= 0.3 is 5.97 Å². The van der Waals surface area contributed by atoms with Crippen LogP contribution in [-0.4, -0.2) is 17.3 Å². The van der Waals surface area contributed by atoms with Crippen LogP contribution in [0, 0.1) is 0 Å². The van der Waals surface area contributed by atoms with Crippen molar-refractivity contribution in [2.75, 3.05) is 12.0 Å². The lowest BCUT2D eigenvalue weighted by molar-refractivity contribution is 0.0694. The molecule has 0 amide bonds. The number of hydrogen-bond donors (Lipinski definition) is 2. The maximum atomic E-state index is 11.2. The lowest BCUT2D eigenvalue weighted by Gasteiger charge is -2.12. The number of hydrogen-bond acceptors (Lipinski definition) is 4. The van der Waals surface area contributed by atoms with Gasteiger partial charge in [-0.3, -0.25) is 0 Å². The fourth-order valence-electron chi connectivity index (χ4n) is 1.62. The molecule has 2 aromatic rings. The van der Waals surface area contributed by atoms with Gasteiger partial charge in [-0.25, -0.2) is 4.79 Å². The Balaban J connectivity index is 2.42. The quantitative estimate of drug-likeness (QED) is 0.660. The maximum absolute atomic E-state index is 11.2. The molecule has 0 radical (unpaired) electrons. The molecular weight excluding hydrogens is 262 g/mol. The summed E-state index contributed by atoms with van der Waals surface area (Å²) < 4.78 is 5.69. The minimum atomic E-state index is -1.04. The van der Waals surface area contributed by atoms with Gasteiger partial charge in [-0.05, 0) is 30.5 Å². The molecule has 98 valence electrons. The van der Waals surface area contributed by atoms with Crippen LogP contribution in [0.15, 0.2) is 47.4 Å². The average molecular weight is 275 g/mol. The molecule has 2 aromatic carbocycles. The summed E-state index contributed by atoms with van der Waals surface area (Å²) >= 11 is 1.53. The molecule has 0 atom stereocenters. The zero-order valence-electron chi connectivity index (χ0n) is 10.3. The zero-order valence-corrected chi connectivity index (χ0v) is 11.1. The fourth-order valence-corrected chi connectivity index (χ4v) is 2.15. The maximum Gasteiger partial charge on any atom is 0.339 e. The molecule has 3 N–H and O–H groups in total. The van der Waals surface area contributed by atoms with Gasteiger partial charge in [-0.1, -0.05) is 12.1 Å². The first kappa shape index (κ1) is 13.3. The summed E-state index contributed by atoms with van der Waals surface area (Å²) in [5, 5.41) is 9.14. The van der Waals surface area contributed by atoms with Crippen LogP contribution in [0.1, 0.15) is 10.4 Å². The standard InChI is InChI=1S/C14H13NO3S/c1-19-13-5-3-2-4-11(13)18-12-8-9(15)6-7-10(12)14(16)17/h2-8H,15H2,1H3,(H,16,17). The number of rotatable bonds is 4. The lowest BCUT2D eigenvalue weighted by Crippen LogP contribution is -2.01. The molecule has 0 heterocycles. The van der Waals surface area contributed by atoms with Crippen LogP contribution < -0.4 is 10.5 Å². The third-order valence-corrected chi connectivity index (χ3v) is 3.30. The van der Waals surface area contributed by atoms with E-state index >= 15 is 0 Å². The van der Waals surface area contributed by atoms with Crippen molar-refractivity contribution in [2.45, 2.75) is 4.90 Å². The molecule has 0 unspecified atom stereocenters. The van der Waals surface area contributed by atoms with E-state index in [1.165, 1.54) is 30.0 Å². The Kier molecular flexibility index (Phi) is 3.97. The molecule has 2 rings (SSSR count). The highest BCUT2D eigenvalue weighted by atomic mass is 32.2. The summed E-state index contributed by atoms with van der Waals surface area (Å²) in [5.41, 5.74) is 6.22. The Morgan fingerprint density at radius 2 is 1.95 bits per heavy atom. The van der Waals surface area contributed by atoms with Crippen molar-refractivity contribution in [2.24, 2.45) is 0 Å². The molecular formula is C14H13NO3S. The Labute approximate surface area is 115 Å². The first-order chi connectivity index (χ1) is 9.11. The highest BCUT2D eigenvalue weighted by molar-refractivity contribution is 7.98. The van der Waals surface area contributed by atoms with E-state index in [0.29, 0.717) is 11.4 Å². The number of nitrogens with two attached hydrogens (primary N) is 1. The van der Waals surface area contributed by atoms with Gasteiger partial charge in [-0.2, -0.15) is 0 Å². The number of carboxylic acid groups (broad SMARTS) is 1. The lowest BCUT2D eigenvalue weighted by atomic mass is 10.2. The number of carbonyl (C=O) groups is 1. The van der Waals surface area contributed by atoms with E-state index in [1.54, 1.807) is 6.07 Å². The predicted molar refractivity (Wildman–Crippen MR) is 76.1 cm³/mol. The summed E-state index contributed by atoms with van der Waals surface area (Å²) in [7, 11) is 0. The second kappa shape index (κ2) is 5.67. The molecule has 5 heteroatoms. The smallest absolute Gasteiger partial charge is 0.339 e. The predicted octanol–water partition coefficient (Wildman–Crippen LogP) is 3.48. The average Bonchev–Trinajstić information content (AvgIpc) is 2.39. The minimum Gasteiger partial charge on any atom is -0.478 e. The van der Waals surface area contributed by atoms with E-state index in [2.05, 4.69) is 0 Å². The topological polar surface area (TPSA) is 72.5 Å². The van der Waals surface area contributed by atoms with Gasteiger partial charge in [0.25, 0.3) is 0 Å². The first-order valence-corrected chi connectivity index (χ1v) is 6.78. The van der Waals surface area contributed by atoms with E-state index < -0.39 is 5.97 Å². The van der Waals surface area contributed by atoms with Gasteiger partial charge in [0, 0.05) is 16.6 Å². The Morgan fingerprint density at radius 1 is 1.21 bits per heavy atom. The van der Waals surface area contributed by atoms with E-state index in [9.17, 15) is 4.79 Å². The highest BCUT2D eigenvalue weighted by Crippen LogP contribution is 2.33. The van der Waals surface area contributed by atoms with Crippen molar-refractivity contribution in [1.82, 2.24) is 0 Å². The summed E-state index contributed by atoms with van der Waals surface area (Å²) in [4.78, 5) is 12.1. The number of aromatic carboxylic acids is 1. The number of thioether (sulfide) groups is 1. The summed E-state index contributed by atoms with van der Waals surface area (Å²) in [6.07, 6.45) is 1.93. The van der Waals surface area contributed by atoms with Crippen LogP contribution in [0.2, 0.25) is 0 Å². The molecule has 0 aliphatic rings. The van der Waals surface area contributed by atoms with Gasteiger partial charge < -0.3 is 15.6 Å². The first-order valence-electron chi connectivity index (χ1n) is 5.55. The van der Waals surface area contributed by atoms with Crippen molar-refractivity contribution in [3.8, 4) is 11.5 Å². The number of anilines is 1. The monoisotopic (exact) mass is 275 g/mol. The van der Waals surface area contributed by atoms with E-state index in [-0.39, 0.29) is 11.3 Å². The van der Waals surface area contributed by atoms with Gasteiger partial charge in [0.15, 0.2) is 0 Å². The molecule has 0 fully saturated rings. The normalized spacial score (nSPS) is 10.2. The highest BCUT2D eigenvalue weighted by Gasteiger charge is 2.13. The number of benzene rings is 2. The molecule has 4 nitrogen and oxygen atoms in total. The van der Waals surface area contributed by atoms with Crippen LogP contribution in [0.3, 0.4) is 0 Å². The number of nitrogen functional groups attached to an aromatic ring is 1. The molecule has 0 aliphatic heterocycles. The number of carboxylic acids is 1. The van der Waals surface area contributed by atoms with Crippen LogP contribution >= 0.6 is 11.8 Å². The Morgan fingerprint density at radius 3 is 2.63 bits per heavy atom. The van der Waals surface area contributed by atoms with E-state index in [1.807, 2.05) is 24.5 Å². The minimum absolute atomic E-state index is 0.0881. The van der Waals surface area contributed by atoms with Crippen molar-refractivity contribution in [3.05, 3.63) is 48.0 Å². The van der Waals surface area contributed by atoms with Crippen LogP contribution in [0.4, 0.5) is 5.69 Å². The summed E-state index contributed by atoms with van der Waals surface area (Å²) in [6, 6.07) is 11.9. The number of ether oxygens (including phenoxy) is 1. The fraction of sp³-hybridized carbons (Fsp3) is 0.0714. The Hall–Kier alpha value is -2.14. The SMILES string of the molecule is CSc1ccccc1Oc1cc(N)ccc1C(=O)O. The second-order valence-electron chi connectivity index (χ2n) is 3.81.